The van der Waals surface area contributed by atoms with E-state index in [9.17, 15) is 13.2 Å². The fourth-order valence-corrected chi connectivity index (χ4v) is 6.03. The number of hydrogen-bond acceptors (Lipinski definition) is 8. The van der Waals surface area contributed by atoms with Crippen molar-refractivity contribution in [3.05, 3.63) is 142 Å². The van der Waals surface area contributed by atoms with E-state index in [2.05, 4.69) is 35.9 Å². The zero-order valence-corrected chi connectivity index (χ0v) is 40.0. The molecule has 0 radical (unpaired) electrons. The Bertz CT molecular complexity index is 1980. The minimum absolute atomic E-state index is 0.0285. The number of nitrogens with zero attached hydrogens (tertiary/aromatic N) is 2. The van der Waals surface area contributed by atoms with Crippen LogP contribution in [0.25, 0.3) is 0 Å². The largest absolute Gasteiger partial charge is 0.494 e. The van der Waals surface area contributed by atoms with Crippen molar-refractivity contribution < 1.29 is 41.8 Å². The number of allylic oxidation sites excluding steroid dienone is 2. The third-order valence-electron chi connectivity index (χ3n) is 9.22. The van der Waals surface area contributed by atoms with Gasteiger partial charge >= 0.3 is 6.18 Å². The fraction of sp³-hybridized carbons (Fsp3) is 0.423. The van der Waals surface area contributed by atoms with Crippen molar-refractivity contribution in [3.63, 3.8) is 0 Å². The van der Waals surface area contributed by atoms with E-state index in [4.69, 9.17) is 23.8 Å². The quantitative estimate of drug-likeness (QED) is 0.0530. The van der Waals surface area contributed by atoms with E-state index in [-0.39, 0.29) is 5.56 Å². The van der Waals surface area contributed by atoms with E-state index in [0.717, 1.165) is 81.2 Å². The van der Waals surface area contributed by atoms with Gasteiger partial charge in [0.2, 0.25) is 0 Å². The summed E-state index contributed by atoms with van der Waals surface area (Å²) in [6.45, 7) is 26.5. The van der Waals surface area contributed by atoms with Gasteiger partial charge in [-0.05, 0) is 155 Å². The maximum Gasteiger partial charge on any atom is 0.437 e. The second kappa shape index (κ2) is 30.4. The first-order valence-corrected chi connectivity index (χ1v) is 21.6. The van der Waals surface area contributed by atoms with Crippen molar-refractivity contribution in [1.29, 1.82) is 0 Å². The number of aryl methyl sites for hydroxylation is 4. The van der Waals surface area contributed by atoms with Gasteiger partial charge in [0.1, 0.15) is 50.4 Å². The van der Waals surface area contributed by atoms with E-state index in [0.29, 0.717) is 38.8 Å². The summed E-state index contributed by atoms with van der Waals surface area (Å²) in [7, 11) is 2.64. The maximum absolute atomic E-state index is 13.1. The molecule has 0 saturated carbocycles. The van der Waals surface area contributed by atoms with Crippen LogP contribution in [-0.4, -0.2) is 58.2 Å². The molecular formula is C52H71F3N2O6. The van der Waals surface area contributed by atoms with Gasteiger partial charge in [-0.2, -0.15) is 13.2 Å². The molecule has 0 aromatic heterocycles. The Hall–Kier alpha value is -5.71. The van der Waals surface area contributed by atoms with Crippen LogP contribution in [0, 0.1) is 33.6 Å². The zero-order valence-electron chi connectivity index (χ0n) is 40.0. The molecule has 8 nitrogen and oxygen atoms in total. The van der Waals surface area contributed by atoms with Gasteiger partial charge in [0.15, 0.2) is 5.71 Å². The average Bonchev–Trinajstić information content (AvgIpc) is 3.26. The molecule has 0 aliphatic carbocycles. The molecule has 0 N–H and O–H groups in total. The minimum Gasteiger partial charge on any atom is -0.494 e. The molecule has 4 aromatic carbocycles. The van der Waals surface area contributed by atoms with Crippen LogP contribution in [0.4, 0.5) is 13.2 Å². The normalized spacial score (nSPS) is 12.0. The van der Waals surface area contributed by atoms with E-state index < -0.39 is 11.9 Å². The number of ether oxygens (including phenoxy) is 4. The predicted molar refractivity (Wildman–Crippen MR) is 254 cm³/mol. The van der Waals surface area contributed by atoms with Crippen LogP contribution >= 0.6 is 0 Å². The predicted octanol–water partition coefficient (Wildman–Crippen LogP) is 13.9. The lowest BCUT2D eigenvalue weighted by atomic mass is 9.95. The van der Waals surface area contributed by atoms with Gasteiger partial charge in [-0.3, -0.25) is 0 Å². The molecular weight excluding hydrogens is 806 g/mol. The second-order valence-electron chi connectivity index (χ2n) is 14.1. The van der Waals surface area contributed by atoms with Crippen LogP contribution in [0.5, 0.6) is 23.0 Å². The molecule has 63 heavy (non-hydrogen) atoms. The molecule has 1 atom stereocenters. The number of hydrogen-bond donors (Lipinski definition) is 0. The number of rotatable bonds is 19. The lowest BCUT2D eigenvalue weighted by Crippen LogP contribution is -2.24. The van der Waals surface area contributed by atoms with Crippen LogP contribution in [0.3, 0.4) is 0 Å². The Labute approximate surface area is 375 Å². The molecule has 346 valence electrons. The van der Waals surface area contributed by atoms with Crippen molar-refractivity contribution in [3.8, 4) is 23.0 Å². The average molecular weight is 877 g/mol. The summed E-state index contributed by atoms with van der Waals surface area (Å²) in [6, 6.07) is 22.1. The smallest absolute Gasteiger partial charge is 0.437 e. The van der Waals surface area contributed by atoms with Gasteiger partial charge in [0.25, 0.3) is 0 Å². The summed E-state index contributed by atoms with van der Waals surface area (Å²) in [5.41, 5.74) is 7.16. The molecule has 0 saturated heterocycles. The highest BCUT2D eigenvalue weighted by atomic mass is 19.4. The highest BCUT2D eigenvalue weighted by molar-refractivity contribution is 6.04. The Morgan fingerprint density at radius 1 is 0.635 bits per heavy atom. The highest BCUT2D eigenvalue weighted by Crippen LogP contribution is 2.30. The van der Waals surface area contributed by atoms with E-state index in [1.54, 1.807) is 19.2 Å². The lowest BCUT2D eigenvalue weighted by molar-refractivity contribution is -0.0608. The van der Waals surface area contributed by atoms with Gasteiger partial charge in [-0.1, -0.05) is 93.5 Å². The molecule has 0 fully saturated rings. The number of oxime groups is 2. The summed E-state index contributed by atoms with van der Waals surface area (Å²) in [5, 5.41) is 7.06. The lowest BCUT2D eigenvalue weighted by Gasteiger charge is -2.18. The van der Waals surface area contributed by atoms with Gasteiger partial charge in [0.05, 0.1) is 18.9 Å². The van der Waals surface area contributed by atoms with Crippen molar-refractivity contribution in [1.82, 2.24) is 0 Å². The third-order valence-corrected chi connectivity index (χ3v) is 9.22. The van der Waals surface area contributed by atoms with Crippen molar-refractivity contribution >= 4 is 11.4 Å². The zero-order chi connectivity index (χ0) is 47.4. The van der Waals surface area contributed by atoms with Gasteiger partial charge in [-0.25, -0.2) is 0 Å². The fourth-order valence-electron chi connectivity index (χ4n) is 6.03. The Balaban J connectivity index is 0.000000586. The first-order valence-electron chi connectivity index (χ1n) is 21.6. The standard InChI is InChI=1S/C26H35NO4.C22H24F3NO2.2C2H6/c1-7-8-14-29-25-16-20(3)26(21(4)17-25)31-18-19(2)13-15-30-24-11-9-23(10-12-24)22(5)27-28-6;1-5-6-11-28-19-12-15(2)20(16(3)13-19)14-17-7-9-18(10-8-17)21(26-27-4)22(23,24)25;2*1-2/h7-12,16-17,19H,13-15,18H2,1-6H3;5-10,12-13H,11,14H2,1-4H3;2*1-2H3/b8-7+,27-22-;6-5+,26-21+;;. The van der Waals surface area contributed by atoms with Crippen molar-refractivity contribution in [2.45, 2.75) is 102 Å². The second-order valence-corrected chi connectivity index (χ2v) is 14.1. The third kappa shape index (κ3) is 19.9. The molecule has 0 aliphatic heterocycles. The van der Waals surface area contributed by atoms with Crippen molar-refractivity contribution in [2.75, 3.05) is 40.6 Å². The first kappa shape index (κ1) is 55.3. The monoisotopic (exact) mass is 877 g/mol. The molecule has 1 unspecified atom stereocenters. The number of benzene rings is 4. The summed E-state index contributed by atoms with van der Waals surface area (Å²) in [5.74, 6) is 3.84. The molecule has 0 heterocycles. The van der Waals surface area contributed by atoms with Crippen LogP contribution in [0.15, 0.2) is 107 Å². The van der Waals surface area contributed by atoms with E-state index in [1.807, 2.05) is 135 Å². The Morgan fingerprint density at radius 3 is 1.57 bits per heavy atom. The first-order chi connectivity index (χ1) is 30.2. The van der Waals surface area contributed by atoms with E-state index in [1.165, 1.54) is 12.1 Å². The summed E-state index contributed by atoms with van der Waals surface area (Å²) in [6.07, 6.45) is 4.79. The number of halogens is 3. The molecule has 0 aliphatic rings. The molecule has 11 heteroatoms. The molecule has 0 bridgehead atoms. The van der Waals surface area contributed by atoms with E-state index >= 15 is 0 Å². The van der Waals surface area contributed by atoms with Crippen LogP contribution in [0.1, 0.15) is 106 Å². The molecule has 0 amide bonds. The van der Waals surface area contributed by atoms with Gasteiger partial charge in [-0.15, -0.1) is 0 Å². The van der Waals surface area contributed by atoms with Gasteiger partial charge in [0, 0.05) is 5.56 Å². The number of alkyl halides is 3. The highest BCUT2D eigenvalue weighted by Gasteiger charge is 2.37. The summed E-state index contributed by atoms with van der Waals surface area (Å²) < 4.78 is 62.7. The summed E-state index contributed by atoms with van der Waals surface area (Å²) in [4.78, 5) is 9.15. The van der Waals surface area contributed by atoms with Crippen LogP contribution in [-0.2, 0) is 16.1 Å². The SMILES string of the molecule is C/C=C/COc1cc(C)c(Cc2ccc(/C(=N\OC)C(F)(F)F)cc2)c(C)c1.C/C=C/COc1cc(C)c(OCC(C)CCOc2ccc(/C(C)=N\OC)cc2)c(C)c1.CC.CC. The topological polar surface area (TPSA) is 80.1 Å². The molecule has 0 spiro atoms. The maximum atomic E-state index is 13.1. The Morgan fingerprint density at radius 2 is 1.11 bits per heavy atom. The molecule has 4 aromatic rings. The van der Waals surface area contributed by atoms with Crippen LogP contribution in [0.2, 0.25) is 0 Å². The molecule has 4 rings (SSSR count). The van der Waals surface area contributed by atoms with Crippen LogP contribution < -0.4 is 18.9 Å². The summed E-state index contributed by atoms with van der Waals surface area (Å²) >= 11 is 0. The minimum atomic E-state index is -4.58. The van der Waals surface area contributed by atoms with Gasteiger partial charge < -0.3 is 28.6 Å². The van der Waals surface area contributed by atoms with Crippen molar-refractivity contribution in [2.24, 2.45) is 16.2 Å². The Kier molecular flexibility index (Phi) is 26.6.